The number of thiophene rings is 1. The summed E-state index contributed by atoms with van der Waals surface area (Å²) in [6, 6.07) is 9.58. The molecule has 0 radical (unpaired) electrons. The molecule has 6 nitrogen and oxygen atoms in total. The molecule has 8 heteroatoms. The highest BCUT2D eigenvalue weighted by Crippen LogP contribution is 2.36. The van der Waals surface area contributed by atoms with Gasteiger partial charge in [0.25, 0.3) is 0 Å². The van der Waals surface area contributed by atoms with Crippen molar-refractivity contribution in [2.75, 3.05) is 5.32 Å². The Balaban J connectivity index is 0.00000225. The Morgan fingerprint density at radius 3 is 2.80 bits per heavy atom. The smallest absolute Gasteiger partial charge is 0.143 e. The fourth-order valence-electron chi connectivity index (χ4n) is 2.45. The minimum Gasteiger partial charge on any atom is -0.467 e. The van der Waals surface area contributed by atoms with Gasteiger partial charge in [-0.1, -0.05) is 0 Å². The summed E-state index contributed by atoms with van der Waals surface area (Å²) in [6.07, 6.45) is 2.21. The Morgan fingerprint density at radius 2 is 2.20 bits per heavy atom. The van der Waals surface area contributed by atoms with Gasteiger partial charge in [-0.25, -0.2) is 4.98 Å². The summed E-state index contributed by atoms with van der Waals surface area (Å²) in [4.78, 5) is 5.22. The maximum atomic E-state index is 9.51. The molecule has 3 aromatic heterocycles. The van der Waals surface area contributed by atoms with Gasteiger partial charge in [-0.15, -0.1) is 23.7 Å². The molecule has 0 aromatic carbocycles. The normalized spacial score (nSPS) is 11.4. The highest BCUT2D eigenvalue weighted by molar-refractivity contribution is 7.20. The lowest BCUT2D eigenvalue weighted by molar-refractivity contribution is 0.518. The van der Waals surface area contributed by atoms with Gasteiger partial charge in [0.2, 0.25) is 0 Å². The van der Waals surface area contributed by atoms with E-state index in [4.69, 9.17) is 10.2 Å². The van der Waals surface area contributed by atoms with Gasteiger partial charge < -0.3 is 15.5 Å². The molecule has 0 spiro atoms. The van der Waals surface area contributed by atoms with Crippen LogP contribution in [0.15, 0.2) is 28.9 Å². The summed E-state index contributed by atoms with van der Waals surface area (Å²) in [5.41, 5.74) is 7.98. The number of fused-ring (bicyclic) bond motifs is 1. The third kappa shape index (κ3) is 3.92. The largest absolute Gasteiger partial charge is 0.467 e. The lowest BCUT2D eigenvalue weighted by Gasteiger charge is -2.06. The van der Waals surface area contributed by atoms with Crippen molar-refractivity contribution in [1.29, 1.82) is 10.5 Å². The number of halogens is 1. The number of nitrogens with two attached hydrogens (primary N) is 1. The molecule has 0 saturated heterocycles. The lowest BCUT2D eigenvalue weighted by Crippen LogP contribution is -2.17. The SMILES string of the molecule is CC(N)Cc1sc2c(NCc3ccco3)cc(C#N)nc2c1C#N.Cl. The molecular formula is C17H16ClN5OS. The highest BCUT2D eigenvalue weighted by atomic mass is 35.5. The molecule has 0 fully saturated rings. The molecule has 3 heterocycles. The second kappa shape index (κ2) is 8.00. The van der Waals surface area contributed by atoms with Crippen LogP contribution in [-0.2, 0) is 13.0 Å². The van der Waals surface area contributed by atoms with Gasteiger partial charge >= 0.3 is 0 Å². The molecule has 3 aromatic rings. The van der Waals surface area contributed by atoms with E-state index in [1.165, 1.54) is 11.3 Å². The van der Waals surface area contributed by atoms with Gasteiger partial charge in [-0.05, 0) is 31.5 Å². The number of rotatable bonds is 5. The summed E-state index contributed by atoms with van der Waals surface area (Å²) in [5, 5.41) is 22.0. The van der Waals surface area contributed by atoms with Crippen molar-refractivity contribution < 1.29 is 4.42 Å². The van der Waals surface area contributed by atoms with Crippen molar-refractivity contribution in [2.45, 2.75) is 25.9 Å². The number of hydrogen-bond acceptors (Lipinski definition) is 7. The minimum atomic E-state index is -0.0554. The molecule has 128 valence electrons. The summed E-state index contributed by atoms with van der Waals surface area (Å²) in [6.45, 7) is 2.38. The standard InChI is InChI=1S/C17H15N5OS.ClH/c1-10(20)5-15-13(8-19)16-17(24-15)14(6-11(7-18)22-16)21-9-12-3-2-4-23-12;/h2-4,6,10H,5,9,20H2,1H3,(H,21,22);1H. The topological polar surface area (TPSA) is 112 Å². The van der Waals surface area contributed by atoms with Crippen LogP contribution < -0.4 is 11.1 Å². The average Bonchev–Trinajstić information content (AvgIpc) is 3.18. The predicted molar refractivity (Wildman–Crippen MR) is 99.7 cm³/mol. The number of nitrogens with one attached hydrogen (secondary N) is 1. The van der Waals surface area contributed by atoms with E-state index in [1.807, 2.05) is 19.1 Å². The van der Waals surface area contributed by atoms with Crippen LogP contribution in [0.5, 0.6) is 0 Å². The Labute approximate surface area is 155 Å². The molecule has 0 bridgehead atoms. The fourth-order valence-corrected chi connectivity index (χ4v) is 3.77. The van der Waals surface area contributed by atoms with Gasteiger partial charge in [0, 0.05) is 10.9 Å². The second-order valence-electron chi connectivity index (χ2n) is 5.47. The van der Waals surface area contributed by atoms with Crippen LogP contribution in [0, 0.1) is 22.7 Å². The highest BCUT2D eigenvalue weighted by Gasteiger charge is 2.18. The molecule has 1 unspecified atom stereocenters. The van der Waals surface area contributed by atoms with Crippen LogP contribution in [0.3, 0.4) is 0 Å². The first-order chi connectivity index (χ1) is 11.6. The Morgan fingerprint density at radius 1 is 1.40 bits per heavy atom. The predicted octanol–water partition coefficient (Wildman–Crippen LogP) is 3.56. The molecule has 0 saturated carbocycles. The summed E-state index contributed by atoms with van der Waals surface area (Å²) < 4.78 is 6.17. The number of nitrogens with zero attached hydrogens (tertiary/aromatic N) is 3. The van der Waals surface area contributed by atoms with Gasteiger partial charge in [-0.3, -0.25) is 0 Å². The molecule has 0 amide bonds. The van der Waals surface area contributed by atoms with E-state index >= 15 is 0 Å². The van der Waals surface area contributed by atoms with Gasteiger partial charge in [0.1, 0.15) is 29.1 Å². The first kappa shape index (κ1) is 18.8. The van der Waals surface area contributed by atoms with E-state index in [0.717, 1.165) is 21.0 Å². The molecular weight excluding hydrogens is 358 g/mol. The zero-order valence-corrected chi connectivity index (χ0v) is 15.1. The van der Waals surface area contributed by atoms with E-state index < -0.39 is 0 Å². The molecule has 25 heavy (non-hydrogen) atoms. The number of anilines is 1. The van der Waals surface area contributed by atoms with E-state index in [-0.39, 0.29) is 24.1 Å². The Hall–Kier alpha value is -2.58. The van der Waals surface area contributed by atoms with Crippen LogP contribution in [0.1, 0.15) is 28.8 Å². The Kier molecular flexibility index (Phi) is 6.00. The first-order valence-electron chi connectivity index (χ1n) is 7.40. The third-order valence-corrected chi connectivity index (χ3v) is 4.72. The minimum absolute atomic E-state index is 0. The lowest BCUT2D eigenvalue weighted by atomic mass is 10.1. The van der Waals surface area contributed by atoms with Crippen molar-refractivity contribution >= 4 is 39.6 Å². The first-order valence-corrected chi connectivity index (χ1v) is 8.22. The molecule has 3 N–H and O–H groups in total. The fraction of sp³-hybridized carbons (Fsp3) is 0.235. The van der Waals surface area contributed by atoms with Crippen molar-refractivity contribution in [2.24, 2.45) is 5.73 Å². The zero-order chi connectivity index (χ0) is 17.1. The molecule has 3 rings (SSSR count). The van der Waals surface area contributed by atoms with Crippen LogP contribution in [0.25, 0.3) is 10.2 Å². The van der Waals surface area contributed by atoms with Gasteiger partial charge in [-0.2, -0.15) is 10.5 Å². The van der Waals surface area contributed by atoms with Crippen molar-refractivity contribution in [3.05, 3.63) is 46.4 Å². The number of nitriles is 2. The maximum absolute atomic E-state index is 9.51. The van der Waals surface area contributed by atoms with Crippen LogP contribution >= 0.6 is 23.7 Å². The molecule has 1 atom stereocenters. The number of furan rings is 1. The van der Waals surface area contributed by atoms with E-state index in [9.17, 15) is 10.5 Å². The van der Waals surface area contributed by atoms with Crippen LogP contribution in [0.2, 0.25) is 0 Å². The molecule has 0 aliphatic rings. The molecule has 0 aliphatic heterocycles. The third-order valence-electron chi connectivity index (χ3n) is 3.48. The van der Waals surface area contributed by atoms with E-state index in [2.05, 4.69) is 22.4 Å². The van der Waals surface area contributed by atoms with Crippen molar-refractivity contribution in [3.63, 3.8) is 0 Å². The van der Waals surface area contributed by atoms with Gasteiger partial charge in [0.15, 0.2) is 0 Å². The monoisotopic (exact) mass is 373 g/mol. The zero-order valence-electron chi connectivity index (χ0n) is 13.4. The second-order valence-corrected chi connectivity index (χ2v) is 6.58. The van der Waals surface area contributed by atoms with Crippen LogP contribution in [-0.4, -0.2) is 11.0 Å². The summed E-state index contributed by atoms with van der Waals surface area (Å²) in [5.74, 6) is 0.784. The van der Waals surface area contributed by atoms with Crippen molar-refractivity contribution in [1.82, 2.24) is 4.98 Å². The van der Waals surface area contributed by atoms with Gasteiger partial charge in [0.05, 0.1) is 28.8 Å². The number of aromatic nitrogens is 1. The van der Waals surface area contributed by atoms with E-state index in [0.29, 0.717) is 24.0 Å². The summed E-state index contributed by atoms with van der Waals surface area (Å²) in [7, 11) is 0. The quantitative estimate of drug-likeness (QED) is 0.707. The number of pyridine rings is 1. The Bertz CT molecular complexity index is 950. The van der Waals surface area contributed by atoms with E-state index in [1.54, 1.807) is 12.3 Å². The summed E-state index contributed by atoms with van der Waals surface area (Å²) >= 11 is 1.49. The maximum Gasteiger partial charge on any atom is 0.143 e. The molecule has 0 aliphatic carbocycles. The number of hydrogen-bond donors (Lipinski definition) is 2. The average molecular weight is 374 g/mol. The van der Waals surface area contributed by atoms with Crippen molar-refractivity contribution in [3.8, 4) is 12.1 Å². The van der Waals surface area contributed by atoms with Crippen LogP contribution in [0.4, 0.5) is 5.69 Å².